The summed E-state index contributed by atoms with van der Waals surface area (Å²) in [4.78, 5) is 12.0. The lowest BCUT2D eigenvalue weighted by Crippen LogP contribution is -1.98. The van der Waals surface area contributed by atoms with Gasteiger partial charge in [0, 0.05) is 11.6 Å². The van der Waals surface area contributed by atoms with Crippen LogP contribution in [0.4, 0.5) is 0 Å². The number of esters is 1. The highest BCUT2D eigenvalue weighted by molar-refractivity contribution is 6.21. The number of carbonyl (C=O) groups excluding carboxylic acids is 1. The molecule has 0 fully saturated rings. The molecule has 3 rings (SSSR count). The quantitative estimate of drug-likeness (QED) is 0.635. The van der Waals surface area contributed by atoms with Crippen molar-refractivity contribution < 1.29 is 30.0 Å². The van der Waals surface area contributed by atoms with Gasteiger partial charge in [-0.3, -0.25) is 0 Å². The summed E-state index contributed by atoms with van der Waals surface area (Å²) in [5.74, 6) is -1.65. The zero-order valence-corrected chi connectivity index (χ0v) is 11.7. The highest BCUT2D eigenvalue weighted by Gasteiger charge is 2.31. The van der Waals surface area contributed by atoms with E-state index in [-0.39, 0.29) is 34.1 Å². The molecule has 4 N–H and O–H groups in total. The number of aliphatic hydroxyl groups excluding tert-OH is 1. The summed E-state index contributed by atoms with van der Waals surface area (Å²) in [7, 11) is 0. The van der Waals surface area contributed by atoms with Crippen LogP contribution in [0.25, 0.3) is 11.6 Å². The van der Waals surface area contributed by atoms with Crippen LogP contribution in [0.15, 0.2) is 54.0 Å². The van der Waals surface area contributed by atoms with E-state index in [0.717, 1.165) is 6.07 Å². The third-order valence-corrected chi connectivity index (χ3v) is 3.26. The molecule has 1 aliphatic heterocycles. The number of phenolic OH excluding ortho intramolecular Hbond substituents is 3. The van der Waals surface area contributed by atoms with Crippen LogP contribution in [0.5, 0.6) is 17.2 Å². The fourth-order valence-electron chi connectivity index (χ4n) is 2.23. The third kappa shape index (κ3) is 2.82. The molecule has 0 atom stereocenters. The van der Waals surface area contributed by atoms with Crippen molar-refractivity contribution in [3.63, 3.8) is 0 Å². The van der Waals surface area contributed by atoms with Gasteiger partial charge >= 0.3 is 5.97 Å². The average molecular weight is 312 g/mol. The van der Waals surface area contributed by atoms with Crippen LogP contribution in [0.1, 0.15) is 11.1 Å². The Morgan fingerprint density at radius 3 is 2.04 bits per heavy atom. The second kappa shape index (κ2) is 5.42. The van der Waals surface area contributed by atoms with Gasteiger partial charge in [0.1, 0.15) is 22.8 Å². The Hall–Kier alpha value is -3.41. The number of aliphatic hydroxyl groups is 1. The topological polar surface area (TPSA) is 107 Å². The van der Waals surface area contributed by atoms with Crippen LogP contribution in [-0.4, -0.2) is 26.4 Å². The van der Waals surface area contributed by atoms with Gasteiger partial charge in [-0.15, -0.1) is 0 Å². The minimum absolute atomic E-state index is 0.0569. The Morgan fingerprint density at radius 1 is 0.826 bits per heavy atom. The van der Waals surface area contributed by atoms with E-state index in [2.05, 4.69) is 0 Å². The van der Waals surface area contributed by atoms with Gasteiger partial charge < -0.3 is 25.2 Å². The molecule has 23 heavy (non-hydrogen) atoms. The molecular weight excluding hydrogens is 300 g/mol. The lowest BCUT2D eigenvalue weighted by atomic mass is 10.0. The van der Waals surface area contributed by atoms with Gasteiger partial charge in [-0.25, -0.2) is 4.79 Å². The first-order chi connectivity index (χ1) is 10.9. The van der Waals surface area contributed by atoms with Crippen LogP contribution in [0.2, 0.25) is 0 Å². The molecule has 6 heteroatoms. The first-order valence-corrected chi connectivity index (χ1v) is 6.64. The lowest BCUT2D eigenvalue weighted by molar-refractivity contribution is -0.131. The molecule has 6 nitrogen and oxygen atoms in total. The molecule has 116 valence electrons. The van der Waals surface area contributed by atoms with Gasteiger partial charge in [0.2, 0.25) is 0 Å². The zero-order valence-electron chi connectivity index (χ0n) is 11.7. The number of benzene rings is 2. The van der Waals surface area contributed by atoms with Gasteiger partial charge in [-0.05, 0) is 35.9 Å². The molecule has 2 aromatic rings. The SMILES string of the molecule is O=C1OC(=Cc2ccc(O)cc2)C(O)=C1c1cc(O)cc(O)c1. The van der Waals surface area contributed by atoms with Crippen molar-refractivity contribution in [3.8, 4) is 17.2 Å². The molecule has 0 aliphatic carbocycles. The van der Waals surface area contributed by atoms with E-state index in [9.17, 15) is 25.2 Å². The first kappa shape index (κ1) is 14.5. The molecule has 0 saturated heterocycles. The Kier molecular flexibility index (Phi) is 3.42. The number of hydrogen-bond acceptors (Lipinski definition) is 6. The number of phenols is 3. The van der Waals surface area contributed by atoms with Gasteiger partial charge in [0.05, 0.1) is 0 Å². The summed E-state index contributed by atoms with van der Waals surface area (Å²) in [6.45, 7) is 0. The summed E-state index contributed by atoms with van der Waals surface area (Å²) in [5, 5.41) is 38.5. The maximum Gasteiger partial charge on any atom is 0.348 e. The summed E-state index contributed by atoms with van der Waals surface area (Å²) in [6, 6.07) is 9.65. The molecule has 0 bridgehead atoms. The number of carbonyl (C=O) groups is 1. The van der Waals surface area contributed by atoms with Crippen molar-refractivity contribution in [2.75, 3.05) is 0 Å². The van der Waals surface area contributed by atoms with E-state index in [4.69, 9.17) is 4.74 Å². The lowest BCUT2D eigenvalue weighted by Gasteiger charge is -2.02. The largest absolute Gasteiger partial charge is 0.508 e. The fourth-order valence-corrected chi connectivity index (χ4v) is 2.23. The maximum atomic E-state index is 12.0. The smallest absolute Gasteiger partial charge is 0.348 e. The number of ether oxygens (including phenoxy) is 1. The van der Waals surface area contributed by atoms with Crippen LogP contribution < -0.4 is 0 Å². The molecule has 0 unspecified atom stereocenters. The molecule has 1 aliphatic rings. The maximum absolute atomic E-state index is 12.0. The highest BCUT2D eigenvalue weighted by atomic mass is 16.6. The fraction of sp³-hybridized carbons (Fsp3) is 0. The Morgan fingerprint density at radius 2 is 1.43 bits per heavy atom. The molecule has 0 saturated carbocycles. The highest BCUT2D eigenvalue weighted by Crippen LogP contribution is 2.35. The van der Waals surface area contributed by atoms with E-state index in [1.54, 1.807) is 12.1 Å². The monoisotopic (exact) mass is 312 g/mol. The van der Waals surface area contributed by atoms with E-state index < -0.39 is 11.7 Å². The van der Waals surface area contributed by atoms with E-state index >= 15 is 0 Å². The number of hydrogen-bond donors (Lipinski definition) is 4. The standard InChI is InChI=1S/C17H12O6/c18-11-3-1-9(2-4-11)5-14-16(21)15(17(22)23-14)10-6-12(19)8-13(20)7-10/h1-8,18-21H. The van der Waals surface area contributed by atoms with Crippen molar-refractivity contribution in [2.45, 2.75) is 0 Å². The Labute approximate surface area is 130 Å². The summed E-state index contributed by atoms with van der Waals surface area (Å²) < 4.78 is 5.03. The summed E-state index contributed by atoms with van der Waals surface area (Å²) in [5.41, 5.74) is 0.595. The van der Waals surface area contributed by atoms with Gasteiger partial charge in [0.15, 0.2) is 11.5 Å². The van der Waals surface area contributed by atoms with E-state index in [1.165, 1.54) is 30.3 Å². The summed E-state index contributed by atoms with van der Waals surface area (Å²) in [6.07, 6.45) is 1.43. The molecule has 0 aromatic heterocycles. The minimum atomic E-state index is -0.794. The van der Waals surface area contributed by atoms with E-state index in [1.807, 2.05) is 0 Å². The molecule has 0 spiro atoms. The predicted octanol–water partition coefficient (Wildman–Crippen LogP) is 2.67. The third-order valence-electron chi connectivity index (χ3n) is 3.26. The van der Waals surface area contributed by atoms with Crippen LogP contribution >= 0.6 is 0 Å². The number of cyclic esters (lactones) is 1. The average Bonchev–Trinajstić information content (AvgIpc) is 2.75. The first-order valence-electron chi connectivity index (χ1n) is 6.64. The van der Waals surface area contributed by atoms with Crippen molar-refractivity contribution >= 4 is 17.6 Å². The molecule has 0 radical (unpaired) electrons. The predicted molar refractivity (Wildman–Crippen MR) is 81.5 cm³/mol. The van der Waals surface area contributed by atoms with Gasteiger partial charge in [-0.2, -0.15) is 0 Å². The second-order valence-electron chi connectivity index (χ2n) is 4.95. The van der Waals surface area contributed by atoms with Gasteiger partial charge in [0.25, 0.3) is 0 Å². The van der Waals surface area contributed by atoms with E-state index in [0.29, 0.717) is 5.56 Å². The molecule has 2 aromatic carbocycles. The van der Waals surface area contributed by atoms with Crippen molar-refractivity contribution in [1.82, 2.24) is 0 Å². The number of rotatable bonds is 2. The van der Waals surface area contributed by atoms with Crippen molar-refractivity contribution in [2.24, 2.45) is 0 Å². The molecule has 1 heterocycles. The molecular formula is C17H12O6. The van der Waals surface area contributed by atoms with Crippen molar-refractivity contribution in [1.29, 1.82) is 0 Å². The minimum Gasteiger partial charge on any atom is -0.508 e. The van der Waals surface area contributed by atoms with Crippen LogP contribution in [0.3, 0.4) is 0 Å². The van der Waals surface area contributed by atoms with Crippen LogP contribution in [-0.2, 0) is 9.53 Å². The summed E-state index contributed by atoms with van der Waals surface area (Å²) >= 11 is 0. The van der Waals surface area contributed by atoms with Crippen LogP contribution in [0, 0.1) is 0 Å². The zero-order chi connectivity index (χ0) is 16.6. The van der Waals surface area contributed by atoms with Gasteiger partial charge in [-0.1, -0.05) is 12.1 Å². The van der Waals surface area contributed by atoms with Crippen molar-refractivity contribution in [3.05, 3.63) is 65.1 Å². The second-order valence-corrected chi connectivity index (χ2v) is 4.95. The Balaban J connectivity index is 2.05. The number of aromatic hydroxyl groups is 3. The normalized spacial score (nSPS) is 16.0. The molecule has 0 amide bonds. The Bertz CT molecular complexity index is 826.